The van der Waals surface area contributed by atoms with Crippen molar-refractivity contribution in [2.75, 3.05) is 6.61 Å². The second kappa shape index (κ2) is 8.34. The molecule has 2 unspecified atom stereocenters. The Balaban J connectivity index is 1.47. The lowest BCUT2D eigenvalue weighted by Crippen LogP contribution is -2.38. The largest absolute Gasteiger partial charge is 0.489 e. The average Bonchev–Trinajstić information content (AvgIpc) is 2.73. The minimum atomic E-state index is -0.833. The first-order valence-corrected chi connectivity index (χ1v) is 10.2. The summed E-state index contributed by atoms with van der Waals surface area (Å²) in [6, 6.07) is 22.6. The van der Waals surface area contributed by atoms with Crippen LogP contribution in [0.1, 0.15) is 43.7 Å². The Labute approximate surface area is 166 Å². The van der Waals surface area contributed by atoms with Crippen LogP contribution in [0.2, 0.25) is 0 Å². The first kappa shape index (κ1) is 19.0. The molecule has 1 fully saturated rings. The van der Waals surface area contributed by atoms with Gasteiger partial charge in [-0.05, 0) is 46.5 Å². The van der Waals surface area contributed by atoms with E-state index in [1.807, 2.05) is 24.3 Å². The van der Waals surface area contributed by atoms with Crippen molar-refractivity contribution in [3.63, 3.8) is 0 Å². The molecule has 0 saturated carbocycles. The van der Waals surface area contributed by atoms with Gasteiger partial charge in [-0.25, -0.2) is 0 Å². The van der Waals surface area contributed by atoms with Crippen molar-refractivity contribution in [3.8, 4) is 5.75 Å². The van der Waals surface area contributed by atoms with Crippen LogP contribution < -0.4 is 4.74 Å². The highest BCUT2D eigenvalue weighted by molar-refractivity contribution is 5.82. The Morgan fingerprint density at radius 3 is 2.75 bits per heavy atom. The molecule has 0 aromatic heterocycles. The molecular formula is C25H28O3. The minimum Gasteiger partial charge on any atom is -0.489 e. The van der Waals surface area contributed by atoms with Crippen LogP contribution in [0, 0.1) is 0 Å². The van der Waals surface area contributed by atoms with Crippen LogP contribution in [0.15, 0.2) is 66.7 Å². The van der Waals surface area contributed by atoms with E-state index < -0.39 is 5.60 Å². The summed E-state index contributed by atoms with van der Waals surface area (Å²) in [6.07, 6.45) is 3.46. The van der Waals surface area contributed by atoms with Crippen LogP contribution in [0.4, 0.5) is 0 Å². The van der Waals surface area contributed by atoms with E-state index in [0.717, 1.165) is 29.7 Å². The highest BCUT2D eigenvalue weighted by Crippen LogP contribution is 2.37. The van der Waals surface area contributed by atoms with Crippen LogP contribution >= 0.6 is 0 Å². The molecule has 1 aliphatic rings. The predicted molar refractivity (Wildman–Crippen MR) is 113 cm³/mol. The Hall–Kier alpha value is -2.36. The number of hydrogen-bond donors (Lipinski definition) is 1. The SMILES string of the molecule is CCCC1CC(O)(c2cccc(OCc3ccc4ccccc4c3)c2)CCO1. The monoisotopic (exact) mass is 376 g/mol. The predicted octanol–water partition coefficient (Wildman–Crippen LogP) is 5.59. The first-order valence-electron chi connectivity index (χ1n) is 10.2. The van der Waals surface area contributed by atoms with Crippen LogP contribution in [-0.4, -0.2) is 17.8 Å². The third kappa shape index (κ3) is 4.21. The summed E-state index contributed by atoms with van der Waals surface area (Å²) in [7, 11) is 0. The lowest BCUT2D eigenvalue weighted by atomic mass is 9.82. The van der Waals surface area contributed by atoms with Crippen molar-refractivity contribution in [1.29, 1.82) is 0 Å². The number of fused-ring (bicyclic) bond motifs is 1. The van der Waals surface area contributed by atoms with Crippen LogP contribution in [0.25, 0.3) is 10.8 Å². The van der Waals surface area contributed by atoms with E-state index in [-0.39, 0.29) is 6.10 Å². The molecule has 0 spiro atoms. The molecular weight excluding hydrogens is 348 g/mol. The van der Waals surface area contributed by atoms with Gasteiger partial charge in [-0.15, -0.1) is 0 Å². The zero-order valence-corrected chi connectivity index (χ0v) is 16.4. The Kier molecular flexibility index (Phi) is 5.65. The van der Waals surface area contributed by atoms with Crippen molar-refractivity contribution < 1.29 is 14.6 Å². The maximum atomic E-state index is 11.2. The molecule has 1 heterocycles. The summed E-state index contributed by atoms with van der Waals surface area (Å²) in [4.78, 5) is 0. The molecule has 0 radical (unpaired) electrons. The van der Waals surface area contributed by atoms with Gasteiger partial charge in [0.1, 0.15) is 12.4 Å². The number of aliphatic hydroxyl groups is 1. The third-order valence-corrected chi connectivity index (χ3v) is 5.64. The second-order valence-corrected chi connectivity index (χ2v) is 7.77. The Bertz CT molecular complexity index is 934. The molecule has 0 bridgehead atoms. The highest BCUT2D eigenvalue weighted by Gasteiger charge is 2.36. The number of hydrogen-bond acceptors (Lipinski definition) is 3. The molecule has 3 heteroatoms. The van der Waals surface area contributed by atoms with Gasteiger partial charge in [0.05, 0.1) is 18.3 Å². The van der Waals surface area contributed by atoms with Gasteiger partial charge < -0.3 is 14.6 Å². The summed E-state index contributed by atoms with van der Waals surface area (Å²) in [5, 5.41) is 13.7. The number of ether oxygens (including phenoxy) is 2. The molecule has 1 N–H and O–H groups in total. The lowest BCUT2D eigenvalue weighted by molar-refractivity contribution is -0.110. The maximum Gasteiger partial charge on any atom is 0.120 e. The molecule has 0 aliphatic carbocycles. The lowest BCUT2D eigenvalue weighted by Gasteiger charge is -2.37. The first-order chi connectivity index (χ1) is 13.7. The highest BCUT2D eigenvalue weighted by atomic mass is 16.5. The summed E-state index contributed by atoms with van der Waals surface area (Å²) >= 11 is 0. The van der Waals surface area contributed by atoms with E-state index in [4.69, 9.17) is 9.47 Å². The molecule has 3 aromatic rings. The molecule has 28 heavy (non-hydrogen) atoms. The van der Waals surface area contributed by atoms with Crippen molar-refractivity contribution in [2.24, 2.45) is 0 Å². The van der Waals surface area contributed by atoms with Gasteiger partial charge in [-0.1, -0.05) is 61.9 Å². The number of benzene rings is 3. The summed E-state index contributed by atoms with van der Waals surface area (Å²) in [6.45, 7) is 3.26. The fraction of sp³-hybridized carbons (Fsp3) is 0.360. The van der Waals surface area contributed by atoms with E-state index in [1.54, 1.807) is 0 Å². The van der Waals surface area contributed by atoms with Crippen molar-refractivity contribution in [3.05, 3.63) is 77.9 Å². The van der Waals surface area contributed by atoms with Crippen molar-refractivity contribution >= 4 is 10.8 Å². The topological polar surface area (TPSA) is 38.7 Å². The van der Waals surface area contributed by atoms with Gasteiger partial charge >= 0.3 is 0 Å². The minimum absolute atomic E-state index is 0.130. The van der Waals surface area contributed by atoms with Crippen molar-refractivity contribution in [2.45, 2.75) is 50.9 Å². The van der Waals surface area contributed by atoms with Gasteiger partial charge in [0.2, 0.25) is 0 Å². The maximum absolute atomic E-state index is 11.2. The smallest absolute Gasteiger partial charge is 0.120 e. The molecule has 1 aliphatic heterocycles. The van der Waals surface area contributed by atoms with Gasteiger partial charge in [0.15, 0.2) is 0 Å². The molecule has 1 saturated heterocycles. The average molecular weight is 376 g/mol. The van der Waals surface area contributed by atoms with Crippen LogP contribution in [-0.2, 0) is 16.9 Å². The van der Waals surface area contributed by atoms with Crippen LogP contribution in [0.5, 0.6) is 5.75 Å². The summed E-state index contributed by atoms with van der Waals surface area (Å²) in [5.41, 5.74) is 1.23. The van der Waals surface area contributed by atoms with Gasteiger partial charge in [0.25, 0.3) is 0 Å². The quantitative estimate of drug-likeness (QED) is 0.610. The molecule has 0 amide bonds. The molecule has 4 rings (SSSR count). The molecule has 146 valence electrons. The van der Waals surface area contributed by atoms with E-state index in [9.17, 15) is 5.11 Å². The summed E-state index contributed by atoms with van der Waals surface area (Å²) in [5.74, 6) is 0.789. The standard InChI is InChI=1S/C25H28O3/c1-2-6-24-17-25(26,13-14-27-24)22-9-5-10-23(16-22)28-18-19-11-12-20-7-3-4-8-21(20)15-19/h3-5,7-12,15-16,24,26H,2,6,13-14,17-18H2,1H3. The van der Waals surface area contributed by atoms with E-state index in [1.165, 1.54) is 10.8 Å². The fourth-order valence-electron chi connectivity index (χ4n) is 4.07. The van der Waals surface area contributed by atoms with Gasteiger partial charge in [0, 0.05) is 12.8 Å². The van der Waals surface area contributed by atoms with E-state index >= 15 is 0 Å². The fourth-order valence-corrected chi connectivity index (χ4v) is 4.07. The van der Waals surface area contributed by atoms with E-state index in [0.29, 0.717) is 26.1 Å². The second-order valence-electron chi connectivity index (χ2n) is 7.77. The Morgan fingerprint density at radius 1 is 1.04 bits per heavy atom. The molecule has 3 aromatic carbocycles. The zero-order chi connectivity index (χ0) is 19.4. The number of rotatable bonds is 6. The Morgan fingerprint density at radius 2 is 1.89 bits per heavy atom. The van der Waals surface area contributed by atoms with Crippen molar-refractivity contribution in [1.82, 2.24) is 0 Å². The zero-order valence-electron chi connectivity index (χ0n) is 16.4. The summed E-state index contributed by atoms with van der Waals surface area (Å²) < 4.78 is 11.9. The normalized spacial score (nSPS) is 22.3. The van der Waals surface area contributed by atoms with Gasteiger partial charge in [-0.3, -0.25) is 0 Å². The molecule has 3 nitrogen and oxygen atoms in total. The van der Waals surface area contributed by atoms with Crippen LogP contribution in [0.3, 0.4) is 0 Å². The van der Waals surface area contributed by atoms with E-state index in [2.05, 4.69) is 49.4 Å². The third-order valence-electron chi connectivity index (χ3n) is 5.64. The molecule has 2 atom stereocenters. The van der Waals surface area contributed by atoms with Gasteiger partial charge in [-0.2, -0.15) is 0 Å².